The van der Waals surface area contributed by atoms with Crippen molar-refractivity contribution in [2.45, 2.75) is 45.6 Å². The number of halogens is 2. The predicted octanol–water partition coefficient (Wildman–Crippen LogP) is 3.74. The largest absolute Gasteiger partial charge is 0.328 e. The Bertz CT molecular complexity index is 603. The van der Waals surface area contributed by atoms with Gasteiger partial charge in [0.15, 0.2) is 11.6 Å². The molecule has 3 nitrogen and oxygen atoms in total. The van der Waals surface area contributed by atoms with Crippen LogP contribution < -0.4 is 5.73 Å². The van der Waals surface area contributed by atoms with Gasteiger partial charge in [-0.1, -0.05) is 13.8 Å². The van der Waals surface area contributed by atoms with Crippen molar-refractivity contribution in [3.05, 3.63) is 29.6 Å². The van der Waals surface area contributed by atoms with Crippen molar-refractivity contribution in [3.63, 3.8) is 0 Å². The van der Waals surface area contributed by atoms with Crippen LogP contribution in [0.15, 0.2) is 12.1 Å². The molecule has 0 bridgehead atoms. The molecule has 0 saturated carbocycles. The van der Waals surface area contributed by atoms with E-state index >= 15 is 0 Å². The molecule has 2 N–H and O–H groups in total. The minimum absolute atomic E-state index is 0.000427. The van der Waals surface area contributed by atoms with Crippen molar-refractivity contribution >= 4 is 11.0 Å². The third-order valence-corrected chi connectivity index (χ3v) is 3.89. The zero-order chi connectivity index (χ0) is 14.9. The molecule has 0 saturated heterocycles. The second-order valence-electron chi connectivity index (χ2n) is 5.19. The van der Waals surface area contributed by atoms with Crippen LogP contribution in [0.1, 0.15) is 51.4 Å². The van der Waals surface area contributed by atoms with Crippen molar-refractivity contribution in [3.8, 4) is 0 Å². The third kappa shape index (κ3) is 2.42. The van der Waals surface area contributed by atoms with Gasteiger partial charge in [-0.3, -0.25) is 0 Å². The second-order valence-corrected chi connectivity index (χ2v) is 5.19. The number of benzene rings is 1. The molecule has 0 fully saturated rings. The fraction of sp³-hybridized carbons (Fsp3) is 0.533. The van der Waals surface area contributed by atoms with Gasteiger partial charge >= 0.3 is 0 Å². The number of nitrogens with two attached hydrogens (primary N) is 1. The Morgan fingerprint density at radius 3 is 2.35 bits per heavy atom. The van der Waals surface area contributed by atoms with E-state index in [2.05, 4.69) is 18.8 Å². The highest BCUT2D eigenvalue weighted by molar-refractivity contribution is 5.76. The van der Waals surface area contributed by atoms with Crippen LogP contribution in [0.4, 0.5) is 8.78 Å². The van der Waals surface area contributed by atoms with Gasteiger partial charge in [0.1, 0.15) is 5.82 Å². The lowest BCUT2D eigenvalue weighted by molar-refractivity contribution is 0.495. The summed E-state index contributed by atoms with van der Waals surface area (Å²) in [6.45, 7) is 6.57. The van der Waals surface area contributed by atoms with E-state index in [0.717, 1.165) is 24.7 Å². The molecule has 0 amide bonds. The number of nitrogens with zero attached hydrogens (tertiary/aromatic N) is 2. The molecular formula is C15H21F2N3. The maximum Gasteiger partial charge on any atom is 0.161 e. The molecule has 1 atom stereocenters. The Balaban J connectivity index is 2.72. The van der Waals surface area contributed by atoms with Gasteiger partial charge in [0.05, 0.1) is 11.0 Å². The number of imidazole rings is 1. The quantitative estimate of drug-likeness (QED) is 0.907. The van der Waals surface area contributed by atoms with Crippen LogP contribution in [0.25, 0.3) is 11.0 Å². The number of aromatic nitrogens is 2. The van der Waals surface area contributed by atoms with Gasteiger partial charge in [-0.2, -0.15) is 0 Å². The van der Waals surface area contributed by atoms with Gasteiger partial charge in [0.25, 0.3) is 0 Å². The van der Waals surface area contributed by atoms with Crippen LogP contribution in [0.2, 0.25) is 0 Å². The van der Waals surface area contributed by atoms with Crippen molar-refractivity contribution in [1.29, 1.82) is 0 Å². The monoisotopic (exact) mass is 281 g/mol. The first-order valence-electron chi connectivity index (χ1n) is 7.10. The summed E-state index contributed by atoms with van der Waals surface area (Å²) in [4.78, 5) is 4.53. The first kappa shape index (κ1) is 14.9. The van der Waals surface area contributed by atoms with E-state index in [4.69, 9.17) is 5.73 Å². The van der Waals surface area contributed by atoms with Crippen LogP contribution in [-0.4, -0.2) is 16.1 Å². The Hall–Kier alpha value is -1.49. The second kappa shape index (κ2) is 5.87. The number of hydrogen-bond donors (Lipinski definition) is 1. The third-order valence-electron chi connectivity index (χ3n) is 3.89. The lowest BCUT2D eigenvalue weighted by Crippen LogP contribution is -2.19. The first-order chi connectivity index (χ1) is 9.53. The summed E-state index contributed by atoms with van der Waals surface area (Å²) in [7, 11) is 0. The molecule has 1 aromatic heterocycles. The topological polar surface area (TPSA) is 43.8 Å². The minimum atomic E-state index is -0.862. The van der Waals surface area contributed by atoms with E-state index in [1.165, 1.54) is 6.07 Å². The molecule has 2 rings (SSSR count). The highest BCUT2D eigenvalue weighted by Crippen LogP contribution is 2.30. The van der Waals surface area contributed by atoms with Crippen molar-refractivity contribution in [2.75, 3.05) is 6.54 Å². The van der Waals surface area contributed by atoms with E-state index in [-0.39, 0.29) is 12.0 Å². The molecule has 0 spiro atoms. The number of fused-ring (bicyclic) bond motifs is 1. The standard InChI is InChI=1S/C15H21F2N3/c1-4-10(5-2)15-19-13-6-11(16)12(17)7-14(13)20(15)9(3)8-18/h6-7,9-10H,4-5,8,18H2,1-3H3. The van der Waals surface area contributed by atoms with Crippen LogP contribution in [0.3, 0.4) is 0 Å². The molecule has 1 unspecified atom stereocenters. The smallest absolute Gasteiger partial charge is 0.161 e. The zero-order valence-corrected chi connectivity index (χ0v) is 12.2. The highest BCUT2D eigenvalue weighted by Gasteiger charge is 2.21. The molecule has 110 valence electrons. The van der Waals surface area contributed by atoms with Crippen molar-refractivity contribution < 1.29 is 8.78 Å². The van der Waals surface area contributed by atoms with Crippen LogP contribution in [-0.2, 0) is 0 Å². The predicted molar refractivity (Wildman–Crippen MR) is 76.7 cm³/mol. The van der Waals surface area contributed by atoms with Gasteiger partial charge in [-0.25, -0.2) is 13.8 Å². The summed E-state index contributed by atoms with van der Waals surface area (Å²) >= 11 is 0. The van der Waals surface area contributed by atoms with Gasteiger partial charge in [0, 0.05) is 30.6 Å². The maximum absolute atomic E-state index is 13.5. The Morgan fingerprint density at radius 2 is 1.80 bits per heavy atom. The number of hydrogen-bond acceptors (Lipinski definition) is 2. The molecule has 0 aliphatic rings. The average molecular weight is 281 g/mol. The van der Waals surface area contributed by atoms with E-state index in [1.807, 2.05) is 11.5 Å². The van der Waals surface area contributed by atoms with E-state index < -0.39 is 11.6 Å². The molecule has 0 aliphatic heterocycles. The maximum atomic E-state index is 13.5. The molecule has 2 aromatic rings. The van der Waals surface area contributed by atoms with E-state index in [9.17, 15) is 8.78 Å². The molecular weight excluding hydrogens is 260 g/mol. The highest BCUT2D eigenvalue weighted by atomic mass is 19.2. The Kier molecular flexibility index (Phi) is 4.38. The zero-order valence-electron chi connectivity index (χ0n) is 12.2. The lowest BCUT2D eigenvalue weighted by Gasteiger charge is -2.20. The minimum Gasteiger partial charge on any atom is -0.328 e. The average Bonchev–Trinajstić information content (AvgIpc) is 2.78. The first-order valence-corrected chi connectivity index (χ1v) is 7.10. The van der Waals surface area contributed by atoms with Crippen molar-refractivity contribution in [1.82, 2.24) is 9.55 Å². The van der Waals surface area contributed by atoms with Gasteiger partial charge in [-0.05, 0) is 19.8 Å². The normalized spacial score (nSPS) is 13.3. The van der Waals surface area contributed by atoms with E-state index in [1.54, 1.807) is 0 Å². The molecule has 0 aliphatic carbocycles. The SMILES string of the molecule is CCC(CC)c1nc2cc(F)c(F)cc2n1C(C)CN. The summed E-state index contributed by atoms with van der Waals surface area (Å²) in [5.74, 6) is -0.576. The van der Waals surface area contributed by atoms with Gasteiger partial charge in [-0.15, -0.1) is 0 Å². The van der Waals surface area contributed by atoms with Crippen LogP contribution in [0, 0.1) is 11.6 Å². The van der Waals surface area contributed by atoms with Crippen molar-refractivity contribution in [2.24, 2.45) is 5.73 Å². The molecule has 20 heavy (non-hydrogen) atoms. The summed E-state index contributed by atoms with van der Waals surface area (Å²) < 4.78 is 28.9. The summed E-state index contributed by atoms with van der Waals surface area (Å²) in [5.41, 5.74) is 6.86. The Labute approximate surface area is 117 Å². The number of rotatable bonds is 5. The summed E-state index contributed by atoms with van der Waals surface area (Å²) in [5, 5.41) is 0. The summed E-state index contributed by atoms with van der Waals surface area (Å²) in [6.07, 6.45) is 1.87. The van der Waals surface area contributed by atoms with Crippen LogP contribution >= 0.6 is 0 Å². The fourth-order valence-electron chi connectivity index (χ4n) is 2.62. The lowest BCUT2D eigenvalue weighted by atomic mass is 10.0. The summed E-state index contributed by atoms with van der Waals surface area (Å²) in [6, 6.07) is 2.38. The van der Waals surface area contributed by atoms with Gasteiger partial charge < -0.3 is 10.3 Å². The molecule has 1 aromatic carbocycles. The molecule has 0 radical (unpaired) electrons. The van der Waals surface area contributed by atoms with Gasteiger partial charge in [0.2, 0.25) is 0 Å². The molecule has 5 heteroatoms. The molecule has 1 heterocycles. The Morgan fingerprint density at radius 1 is 1.20 bits per heavy atom. The van der Waals surface area contributed by atoms with E-state index in [0.29, 0.717) is 17.6 Å². The van der Waals surface area contributed by atoms with Crippen LogP contribution in [0.5, 0.6) is 0 Å². The fourth-order valence-corrected chi connectivity index (χ4v) is 2.62.